The number of furan rings is 1. The molecule has 2 aromatic carbocycles. The Hall–Kier alpha value is -4.07. The van der Waals surface area contributed by atoms with E-state index in [1.54, 1.807) is 26.6 Å². The lowest BCUT2D eigenvalue weighted by molar-refractivity contribution is 0.0535. The van der Waals surface area contributed by atoms with Gasteiger partial charge in [-0.15, -0.1) is 0 Å². The van der Waals surface area contributed by atoms with E-state index in [1.165, 1.54) is 0 Å². The van der Waals surface area contributed by atoms with Gasteiger partial charge in [0.05, 0.1) is 26.3 Å². The SMILES string of the molecule is COc1cc2cc3c(c(-c4cnc(N(C)Cc5ccc(C)o5)nc4)c2cc1OC)C(=O)OC3. The fraction of sp³-hybridized carbons (Fsp3) is 0.240. The van der Waals surface area contributed by atoms with Crippen molar-refractivity contribution < 1.29 is 23.4 Å². The number of esters is 1. The van der Waals surface area contributed by atoms with Gasteiger partial charge in [-0.3, -0.25) is 0 Å². The van der Waals surface area contributed by atoms with Crippen LogP contribution in [-0.2, 0) is 17.9 Å². The van der Waals surface area contributed by atoms with Crippen LogP contribution >= 0.6 is 0 Å². The van der Waals surface area contributed by atoms with Crippen LogP contribution in [0.2, 0.25) is 0 Å². The van der Waals surface area contributed by atoms with Crippen molar-refractivity contribution in [2.75, 3.05) is 26.2 Å². The lowest BCUT2D eigenvalue weighted by Crippen LogP contribution is -2.18. The third-order valence-electron chi connectivity index (χ3n) is 5.75. The van der Waals surface area contributed by atoms with Gasteiger partial charge in [-0.2, -0.15) is 0 Å². The molecular weight excluding hydrogens is 422 g/mol. The van der Waals surface area contributed by atoms with Gasteiger partial charge < -0.3 is 23.5 Å². The Kier molecular flexibility index (Phi) is 5.12. The number of nitrogens with zero attached hydrogens (tertiary/aromatic N) is 3. The Morgan fingerprint density at radius 2 is 1.76 bits per heavy atom. The summed E-state index contributed by atoms with van der Waals surface area (Å²) < 4.78 is 22.0. The number of aryl methyl sites for hydroxylation is 1. The highest BCUT2D eigenvalue weighted by atomic mass is 16.5. The van der Waals surface area contributed by atoms with Crippen LogP contribution in [-0.4, -0.2) is 37.2 Å². The quantitative estimate of drug-likeness (QED) is 0.400. The second kappa shape index (κ2) is 8.12. The molecule has 0 N–H and O–H groups in total. The molecular formula is C25H23N3O5. The molecule has 1 aliphatic heterocycles. The first-order valence-corrected chi connectivity index (χ1v) is 10.5. The molecule has 8 nitrogen and oxygen atoms in total. The Labute approximate surface area is 190 Å². The molecule has 0 saturated carbocycles. The van der Waals surface area contributed by atoms with Crippen molar-refractivity contribution in [2.24, 2.45) is 0 Å². The van der Waals surface area contributed by atoms with Crippen molar-refractivity contribution in [1.82, 2.24) is 9.97 Å². The number of hydrogen-bond donors (Lipinski definition) is 0. The van der Waals surface area contributed by atoms with E-state index < -0.39 is 0 Å². The summed E-state index contributed by atoms with van der Waals surface area (Å²) in [7, 11) is 5.08. The summed E-state index contributed by atoms with van der Waals surface area (Å²) in [5.41, 5.74) is 2.80. The number of methoxy groups -OCH3 is 2. The minimum Gasteiger partial charge on any atom is -0.493 e. The van der Waals surface area contributed by atoms with Crippen molar-refractivity contribution in [2.45, 2.75) is 20.1 Å². The van der Waals surface area contributed by atoms with Gasteiger partial charge in [0.2, 0.25) is 5.95 Å². The van der Waals surface area contributed by atoms with Crippen molar-refractivity contribution >= 4 is 22.7 Å². The minimum atomic E-state index is -0.355. The van der Waals surface area contributed by atoms with Crippen LogP contribution in [0.25, 0.3) is 21.9 Å². The van der Waals surface area contributed by atoms with E-state index in [1.807, 2.05) is 49.2 Å². The number of cyclic esters (lactones) is 1. The molecule has 5 rings (SSSR count). The van der Waals surface area contributed by atoms with Gasteiger partial charge in [-0.25, -0.2) is 14.8 Å². The van der Waals surface area contributed by atoms with Gasteiger partial charge >= 0.3 is 5.97 Å². The molecule has 0 fully saturated rings. The summed E-state index contributed by atoms with van der Waals surface area (Å²) in [4.78, 5) is 23.6. The number of ether oxygens (including phenoxy) is 3. The van der Waals surface area contributed by atoms with Crippen LogP contribution in [0.5, 0.6) is 11.5 Å². The molecule has 168 valence electrons. The Morgan fingerprint density at radius 3 is 2.42 bits per heavy atom. The van der Waals surface area contributed by atoms with Gasteiger partial charge in [0.1, 0.15) is 18.1 Å². The molecule has 2 aromatic heterocycles. The maximum absolute atomic E-state index is 12.6. The summed E-state index contributed by atoms with van der Waals surface area (Å²) >= 11 is 0. The number of anilines is 1. The minimum absolute atomic E-state index is 0.232. The zero-order valence-electron chi connectivity index (χ0n) is 18.8. The molecule has 0 unspecified atom stereocenters. The first-order valence-electron chi connectivity index (χ1n) is 10.5. The summed E-state index contributed by atoms with van der Waals surface area (Å²) in [6.07, 6.45) is 3.45. The highest BCUT2D eigenvalue weighted by Crippen LogP contribution is 2.42. The Balaban J connectivity index is 1.60. The molecule has 0 aliphatic carbocycles. The van der Waals surface area contributed by atoms with Gasteiger partial charge in [0.15, 0.2) is 11.5 Å². The molecule has 0 amide bonds. The zero-order chi connectivity index (χ0) is 23.1. The van der Waals surface area contributed by atoms with E-state index in [4.69, 9.17) is 18.6 Å². The predicted molar refractivity (Wildman–Crippen MR) is 123 cm³/mol. The first kappa shape index (κ1) is 20.8. The number of hydrogen-bond acceptors (Lipinski definition) is 8. The standard InChI is InChI=1S/C25H23N3O5/c1-14-5-6-18(33-14)12-28(2)25-26-10-17(11-27-25)22-19-9-21(31-4)20(30-3)8-15(19)7-16-13-32-24(29)23(16)22/h5-11H,12-13H2,1-4H3. The molecule has 4 aromatic rings. The van der Waals surface area contributed by atoms with Crippen molar-refractivity contribution in [1.29, 1.82) is 0 Å². The lowest BCUT2D eigenvalue weighted by atomic mass is 9.91. The fourth-order valence-electron chi connectivity index (χ4n) is 4.17. The van der Waals surface area contributed by atoms with E-state index in [-0.39, 0.29) is 12.6 Å². The molecule has 8 heteroatoms. The van der Waals surface area contributed by atoms with Crippen LogP contribution < -0.4 is 14.4 Å². The summed E-state index contributed by atoms with van der Waals surface area (Å²) in [6.45, 7) is 2.68. The second-order valence-electron chi connectivity index (χ2n) is 7.93. The number of carbonyl (C=O) groups excluding carboxylic acids is 1. The van der Waals surface area contributed by atoms with E-state index in [2.05, 4.69) is 9.97 Å². The van der Waals surface area contributed by atoms with Crippen molar-refractivity contribution in [3.05, 3.63) is 65.4 Å². The van der Waals surface area contributed by atoms with Gasteiger partial charge in [-0.1, -0.05) is 0 Å². The van der Waals surface area contributed by atoms with Crippen LogP contribution in [0.3, 0.4) is 0 Å². The van der Waals surface area contributed by atoms with Crippen LogP contribution in [0, 0.1) is 6.92 Å². The molecule has 3 heterocycles. The number of carbonyl (C=O) groups is 1. The van der Waals surface area contributed by atoms with E-state index in [9.17, 15) is 4.79 Å². The van der Waals surface area contributed by atoms with Crippen molar-refractivity contribution in [3.8, 4) is 22.6 Å². The second-order valence-corrected chi connectivity index (χ2v) is 7.93. The maximum Gasteiger partial charge on any atom is 0.339 e. The Bertz CT molecular complexity index is 1360. The smallest absolute Gasteiger partial charge is 0.339 e. The molecule has 0 atom stereocenters. The van der Waals surface area contributed by atoms with Gasteiger partial charge in [0, 0.05) is 36.1 Å². The average Bonchev–Trinajstić information content (AvgIpc) is 3.41. The molecule has 0 bridgehead atoms. The third kappa shape index (κ3) is 3.63. The molecule has 0 spiro atoms. The highest BCUT2D eigenvalue weighted by Gasteiger charge is 2.28. The zero-order valence-corrected chi connectivity index (χ0v) is 18.8. The molecule has 1 aliphatic rings. The van der Waals surface area contributed by atoms with Crippen LogP contribution in [0.1, 0.15) is 27.4 Å². The monoisotopic (exact) mass is 445 g/mol. The fourth-order valence-corrected chi connectivity index (χ4v) is 4.17. The largest absolute Gasteiger partial charge is 0.493 e. The number of rotatable bonds is 6. The van der Waals surface area contributed by atoms with Crippen LogP contribution in [0.15, 0.2) is 47.1 Å². The van der Waals surface area contributed by atoms with E-state index in [0.717, 1.165) is 33.4 Å². The first-order chi connectivity index (χ1) is 16.0. The number of aromatic nitrogens is 2. The number of fused-ring (bicyclic) bond motifs is 2. The maximum atomic E-state index is 12.6. The van der Waals surface area contributed by atoms with E-state index in [0.29, 0.717) is 35.1 Å². The Morgan fingerprint density at radius 1 is 1.03 bits per heavy atom. The van der Waals surface area contributed by atoms with Gasteiger partial charge in [0.25, 0.3) is 0 Å². The normalized spacial score (nSPS) is 12.5. The lowest BCUT2D eigenvalue weighted by Gasteiger charge is -2.17. The highest BCUT2D eigenvalue weighted by molar-refractivity contribution is 6.11. The molecule has 0 radical (unpaired) electrons. The molecule has 0 saturated heterocycles. The van der Waals surface area contributed by atoms with Crippen molar-refractivity contribution in [3.63, 3.8) is 0 Å². The van der Waals surface area contributed by atoms with Gasteiger partial charge in [-0.05, 0) is 48.0 Å². The third-order valence-corrected chi connectivity index (χ3v) is 5.75. The van der Waals surface area contributed by atoms with E-state index >= 15 is 0 Å². The topological polar surface area (TPSA) is 86.9 Å². The van der Waals surface area contributed by atoms with Crippen LogP contribution in [0.4, 0.5) is 5.95 Å². The average molecular weight is 445 g/mol. The molecule has 33 heavy (non-hydrogen) atoms. The summed E-state index contributed by atoms with van der Waals surface area (Å²) in [5, 5.41) is 1.75. The predicted octanol–water partition coefficient (Wildman–Crippen LogP) is 4.52. The summed E-state index contributed by atoms with van der Waals surface area (Å²) in [5.74, 6) is 3.07. The number of benzene rings is 2. The summed E-state index contributed by atoms with van der Waals surface area (Å²) in [6, 6.07) is 9.59.